The molecule has 1 aromatic carbocycles. The molecule has 0 saturated carbocycles. The van der Waals surface area contributed by atoms with Gasteiger partial charge in [-0.3, -0.25) is 0 Å². The third-order valence-electron chi connectivity index (χ3n) is 3.07. The van der Waals surface area contributed by atoms with Crippen LogP contribution < -0.4 is 9.64 Å². The highest BCUT2D eigenvalue weighted by Crippen LogP contribution is 2.30. The quantitative estimate of drug-likeness (QED) is 0.879. The van der Waals surface area contributed by atoms with Crippen molar-refractivity contribution < 1.29 is 19.4 Å². The molecule has 0 aromatic heterocycles. The lowest BCUT2D eigenvalue weighted by Gasteiger charge is -2.26. The van der Waals surface area contributed by atoms with Gasteiger partial charge in [0.15, 0.2) is 6.10 Å². The molecule has 1 heterocycles. The van der Waals surface area contributed by atoms with E-state index in [0.717, 1.165) is 24.4 Å². The van der Waals surface area contributed by atoms with Crippen molar-refractivity contribution >= 4 is 11.7 Å². The van der Waals surface area contributed by atoms with Crippen LogP contribution in [0.3, 0.4) is 0 Å². The van der Waals surface area contributed by atoms with Crippen molar-refractivity contribution in [2.24, 2.45) is 0 Å². The predicted molar refractivity (Wildman–Crippen MR) is 71.8 cm³/mol. The maximum atomic E-state index is 11.2. The number of ether oxygens (including phenoxy) is 2. The highest BCUT2D eigenvalue weighted by Gasteiger charge is 2.24. The minimum Gasteiger partial charge on any atom is -0.491 e. The summed E-state index contributed by atoms with van der Waals surface area (Å²) in [4.78, 5) is 13.2. The standard InChI is InChI=1S/C14H19NO4/c1-2-18-13(14(16)17)10-15-8-5-9-19-12-7-4-3-6-11(12)15/h3-4,6-7,13H,2,5,8-10H2,1H3,(H,16,17). The fourth-order valence-electron chi connectivity index (χ4n) is 2.19. The SMILES string of the molecule is CCOC(CN1CCCOc2ccccc21)C(=O)O. The molecule has 1 atom stereocenters. The van der Waals surface area contributed by atoms with Crippen LogP contribution in [0.15, 0.2) is 24.3 Å². The van der Waals surface area contributed by atoms with Gasteiger partial charge in [0.05, 0.1) is 18.8 Å². The number of para-hydroxylation sites is 2. The molecule has 1 aliphatic rings. The minimum absolute atomic E-state index is 0.337. The summed E-state index contributed by atoms with van der Waals surface area (Å²) in [7, 11) is 0. The predicted octanol–water partition coefficient (Wildman–Crippen LogP) is 1.77. The molecule has 5 nitrogen and oxygen atoms in total. The first-order valence-electron chi connectivity index (χ1n) is 6.53. The Morgan fingerprint density at radius 3 is 3.05 bits per heavy atom. The number of fused-ring (bicyclic) bond motifs is 1. The highest BCUT2D eigenvalue weighted by molar-refractivity contribution is 5.73. The van der Waals surface area contributed by atoms with Crippen LogP contribution in [0, 0.1) is 0 Å². The van der Waals surface area contributed by atoms with Gasteiger partial charge < -0.3 is 19.5 Å². The molecule has 0 saturated heterocycles. The summed E-state index contributed by atoms with van der Waals surface area (Å²) < 4.78 is 10.9. The molecule has 5 heteroatoms. The summed E-state index contributed by atoms with van der Waals surface area (Å²) in [6.45, 7) is 3.95. The first-order valence-corrected chi connectivity index (χ1v) is 6.53. The van der Waals surface area contributed by atoms with E-state index in [9.17, 15) is 9.90 Å². The molecular formula is C14H19NO4. The van der Waals surface area contributed by atoms with Crippen LogP contribution in [-0.2, 0) is 9.53 Å². The molecule has 1 N–H and O–H groups in total. The van der Waals surface area contributed by atoms with Gasteiger partial charge >= 0.3 is 5.97 Å². The van der Waals surface area contributed by atoms with Crippen LogP contribution in [0.4, 0.5) is 5.69 Å². The van der Waals surface area contributed by atoms with Gasteiger partial charge in [0.2, 0.25) is 0 Å². The molecule has 0 fully saturated rings. The van der Waals surface area contributed by atoms with Gasteiger partial charge in [-0.2, -0.15) is 0 Å². The monoisotopic (exact) mass is 265 g/mol. The van der Waals surface area contributed by atoms with Gasteiger partial charge in [0.1, 0.15) is 5.75 Å². The van der Waals surface area contributed by atoms with Crippen molar-refractivity contribution in [2.45, 2.75) is 19.4 Å². The summed E-state index contributed by atoms with van der Waals surface area (Å²) in [5, 5.41) is 9.17. The van der Waals surface area contributed by atoms with E-state index >= 15 is 0 Å². The third kappa shape index (κ3) is 3.38. The second-order valence-electron chi connectivity index (χ2n) is 4.40. The lowest BCUT2D eigenvalue weighted by atomic mass is 10.2. The molecule has 0 radical (unpaired) electrons. The Kier molecular flexibility index (Phi) is 4.63. The maximum absolute atomic E-state index is 11.2. The van der Waals surface area contributed by atoms with Crippen LogP contribution in [-0.4, -0.2) is 43.5 Å². The Morgan fingerprint density at radius 2 is 2.32 bits per heavy atom. The molecule has 0 amide bonds. The lowest BCUT2D eigenvalue weighted by molar-refractivity contribution is -0.149. The van der Waals surface area contributed by atoms with Gasteiger partial charge in [0, 0.05) is 13.2 Å². The smallest absolute Gasteiger partial charge is 0.334 e. The van der Waals surface area contributed by atoms with E-state index in [1.165, 1.54) is 0 Å². The third-order valence-corrected chi connectivity index (χ3v) is 3.07. The van der Waals surface area contributed by atoms with Crippen molar-refractivity contribution in [2.75, 3.05) is 31.2 Å². The van der Waals surface area contributed by atoms with Crippen molar-refractivity contribution in [1.29, 1.82) is 0 Å². The van der Waals surface area contributed by atoms with E-state index in [-0.39, 0.29) is 0 Å². The van der Waals surface area contributed by atoms with Gasteiger partial charge in [-0.05, 0) is 25.5 Å². The number of rotatable bonds is 5. The van der Waals surface area contributed by atoms with Crippen molar-refractivity contribution in [1.82, 2.24) is 0 Å². The molecule has 19 heavy (non-hydrogen) atoms. The molecule has 104 valence electrons. The highest BCUT2D eigenvalue weighted by atomic mass is 16.5. The van der Waals surface area contributed by atoms with Crippen LogP contribution >= 0.6 is 0 Å². The Bertz CT molecular complexity index is 435. The molecule has 1 unspecified atom stereocenters. The van der Waals surface area contributed by atoms with E-state index in [1.54, 1.807) is 6.92 Å². The summed E-state index contributed by atoms with van der Waals surface area (Å²) in [6, 6.07) is 7.70. The topological polar surface area (TPSA) is 59.0 Å². The van der Waals surface area contributed by atoms with E-state index in [0.29, 0.717) is 19.8 Å². The molecule has 1 aromatic rings. The normalized spacial score (nSPS) is 16.2. The largest absolute Gasteiger partial charge is 0.491 e. The van der Waals surface area contributed by atoms with Crippen molar-refractivity contribution in [3.63, 3.8) is 0 Å². The number of hydrogen-bond donors (Lipinski definition) is 1. The average Bonchev–Trinajstić information content (AvgIpc) is 2.61. The molecule has 0 aliphatic carbocycles. The van der Waals surface area contributed by atoms with Gasteiger partial charge in [0.25, 0.3) is 0 Å². The second-order valence-corrected chi connectivity index (χ2v) is 4.40. The first-order chi connectivity index (χ1) is 9.22. The van der Waals surface area contributed by atoms with E-state index in [4.69, 9.17) is 9.47 Å². The number of benzene rings is 1. The Hall–Kier alpha value is -1.75. The average molecular weight is 265 g/mol. The second kappa shape index (κ2) is 6.43. The van der Waals surface area contributed by atoms with Gasteiger partial charge in [-0.25, -0.2) is 4.79 Å². The fraction of sp³-hybridized carbons (Fsp3) is 0.500. The zero-order chi connectivity index (χ0) is 13.7. The van der Waals surface area contributed by atoms with Gasteiger partial charge in [-0.15, -0.1) is 0 Å². The number of hydrogen-bond acceptors (Lipinski definition) is 4. The Balaban J connectivity index is 2.17. The number of nitrogens with zero attached hydrogens (tertiary/aromatic N) is 1. The van der Waals surface area contributed by atoms with Gasteiger partial charge in [-0.1, -0.05) is 12.1 Å². The van der Waals surface area contributed by atoms with Crippen molar-refractivity contribution in [3.05, 3.63) is 24.3 Å². The Labute approximate surface area is 112 Å². The zero-order valence-corrected chi connectivity index (χ0v) is 11.0. The fourth-order valence-corrected chi connectivity index (χ4v) is 2.19. The van der Waals surface area contributed by atoms with Crippen LogP contribution in [0.5, 0.6) is 5.75 Å². The number of anilines is 1. The number of carboxylic acid groups (broad SMARTS) is 1. The maximum Gasteiger partial charge on any atom is 0.334 e. The molecular weight excluding hydrogens is 246 g/mol. The minimum atomic E-state index is -0.926. The summed E-state index contributed by atoms with van der Waals surface area (Å²) >= 11 is 0. The Morgan fingerprint density at radius 1 is 1.53 bits per heavy atom. The zero-order valence-electron chi connectivity index (χ0n) is 11.0. The summed E-state index contributed by atoms with van der Waals surface area (Å²) in [6.07, 6.45) is 0.0591. The van der Waals surface area contributed by atoms with E-state index in [1.807, 2.05) is 29.2 Å². The first kappa shape index (κ1) is 13.7. The molecule has 1 aliphatic heterocycles. The summed E-state index contributed by atoms with van der Waals surface area (Å²) in [5.74, 6) is -0.120. The molecule has 2 rings (SSSR count). The molecule has 0 spiro atoms. The van der Waals surface area contributed by atoms with E-state index < -0.39 is 12.1 Å². The lowest BCUT2D eigenvalue weighted by Crippen LogP contribution is -2.39. The van der Waals surface area contributed by atoms with Crippen molar-refractivity contribution in [3.8, 4) is 5.75 Å². The van der Waals surface area contributed by atoms with E-state index in [2.05, 4.69) is 0 Å². The molecule has 0 bridgehead atoms. The summed E-state index contributed by atoms with van der Waals surface area (Å²) in [5.41, 5.74) is 0.936. The number of aliphatic carboxylic acids is 1. The number of carbonyl (C=O) groups is 1. The number of carboxylic acids is 1. The van der Waals surface area contributed by atoms with Crippen LogP contribution in [0.1, 0.15) is 13.3 Å². The van der Waals surface area contributed by atoms with Crippen LogP contribution in [0.25, 0.3) is 0 Å². The van der Waals surface area contributed by atoms with Crippen LogP contribution in [0.2, 0.25) is 0 Å².